The van der Waals surface area contributed by atoms with Crippen molar-refractivity contribution in [2.75, 3.05) is 31.1 Å². The lowest BCUT2D eigenvalue weighted by Crippen LogP contribution is -2.43. The zero-order chi connectivity index (χ0) is 10.7. The topological polar surface area (TPSA) is 39.1 Å². The van der Waals surface area contributed by atoms with Gasteiger partial charge in [-0.1, -0.05) is 17.7 Å². The number of nitrogens with zero attached hydrogens (tertiary/aromatic N) is 2. The molecule has 0 radical (unpaired) electrons. The molecule has 1 fully saturated rings. The number of piperazine rings is 1. The summed E-state index contributed by atoms with van der Waals surface area (Å²) in [4.78, 5) is 2.20. The zero-order valence-electron chi connectivity index (χ0n) is 8.33. The summed E-state index contributed by atoms with van der Waals surface area (Å²) >= 11 is 5.98. The highest BCUT2D eigenvalue weighted by molar-refractivity contribution is 6.32. The van der Waals surface area contributed by atoms with Gasteiger partial charge in [-0.25, -0.2) is 0 Å². The highest BCUT2D eigenvalue weighted by Crippen LogP contribution is 2.26. The van der Waals surface area contributed by atoms with Gasteiger partial charge in [0.2, 0.25) is 0 Å². The van der Waals surface area contributed by atoms with Gasteiger partial charge >= 0.3 is 0 Å². The Labute approximate surface area is 94.3 Å². The number of rotatable bonds is 1. The van der Waals surface area contributed by atoms with Crippen LogP contribution in [0.1, 0.15) is 5.56 Å². The average Bonchev–Trinajstić information content (AvgIpc) is 2.30. The van der Waals surface area contributed by atoms with E-state index in [4.69, 9.17) is 16.9 Å². The highest BCUT2D eigenvalue weighted by Gasteiger charge is 2.15. The number of nitrogens with one attached hydrogen (secondary N) is 1. The first kappa shape index (κ1) is 10.3. The second-order valence-electron chi connectivity index (χ2n) is 3.48. The Morgan fingerprint density at radius 3 is 2.73 bits per heavy atom. The zero-order valence-corrected chi connectivity index (χ0v) is 9.09. The molecule has 15 heavy (non-hydrogen) atoms. The standard InChI is InChI=1S/C11H12ClN3/c12-10-2-1-3-11(9(10)8-13)15-6-4-14-5-7-15/h1-3,14H,4-7H2. The summed E-state index contributed by atoms with van der Waals surface area (Å²) in [5, 5.41) is 12.9. The van der Waals surface area contributed by atoms with Gasteiger partial charge in [0.1, 0.15) is 6.07 Å². The maximum absolute atomic E-state index is 9.05. The van der Waals surface area contributed by atoms with Gasteiger partial charge in [0.05, 0.1) is 16.3 Å². The van der Waals surface area contributed by atoms with Gasteiger partial charge in [0, 0.05) is 26.2 Å². The third-order valence-corrected chi connectivity index (χ3v) is 2.88. The summed E-state index contributed by atoms with van der Waals surface area (Å²) < 4.78 is 0. The van der Waals surface area contributed by atoms with Crippen LogP contribution >= 0.6 is 11.6 Å². The summed E-state index contributed by atoms with van der Waals surface area (Å²) in [5.41, 5.74) is 1.53. The van der Waals surface area contributed by atoms with E-state index >= 15 is 0 Å². The van der Waals surface area contributed by atoms with E-state index in [0.717, 1.165) is 31.9 Å². The lowest BCUT2D eigenvalue weighted by Gasteiger charge is -2.30. The van der Waals surface area contributed by atoms with Crippen LogP contribution in [0.5, 0.6) is 0 Å². The second-order valence-corrected chi connectivity index (χ2v) is 3.89. The van der Waals surface area contributed by atoms with Crippen molar-refractivity contribution in [1.29, 1.82) is 5.26 Å². The molecule has 1 heterocycles. The molecule has 2 rings (SSSR count). The molecular weight excluding hydrogens is 210 g/mol. The summed E-state index contributed by atoms with van der Waals surface area (Å²) in [6.07, 6.45) is 0. The van der Waals surface area contributed by atoms with Crippen molar-refractivity contribution in [3.63, 3.8) is 0 Å². The van der Waals surface area contributed by atoms with Crippen LogP contribution in [0.25, 0.3) is 0 Å². The Morgan fingerprint density at radius 1 is 1.33 bits per heavy atom. The van der Waals surface area contributed by atoms with Gasteiger partial charge in [-0.3, -0.25) is 0 Å². The molecule has 1 aliphatic rings. The monoisotopic (exact) mass is 221 g/mol. The predicted molar refractivity (Wildman–Crippen MR) is 61.2 cm³/mol. The second kappa shape index (κ2) is 4.52. The number of anilines is 1. The third-order valence-electron chi connectivity index (χ3n) is 2.56. The summed E-state index contributed by atoms with van der Waals surface area (Å²) in [5.74, 6) is 0. The molecule has 0 aliphatic carbocycles. The molecule has 1 aliphatic heterocycles. The van der Waals surface area contributed by atoms with Crippen LogP contribution in [0.2, 0.25) is 5.02 Å². The van der Waals surface area contributed by atoms with Crippen LogP contribution in [0.4, 0.5) is 5.69 Å². The van der Waals surface area contributed by atoms with E-state index < -0.39 is 0 Å². The number of benzene rings is 1. The predicted octanol–water partition coefficient (Wildman–Crippen LogP) is 1.62. The minimum atomic E-state index is 0.536. The quantitative estimate of drug-likeness (QED) is 0.784. The van der Waals surface area contributed by atoms with Crippen molar-refractivity contribution in [3.8, 4) is 6.07 Å². The Morgan fingerprint density at radius 2 is 2.07 bits per heavy atom. The van der Waals surface area contributed by atoms with E-state index in [1.807, 2.05) is 12.1 Å². The number of hydrogen-bond acceptors (Lipinski definition) is 3. The van der Waals surface area contributed by atoms with Crippen LogP contribution in [-0.2, 0) is 0 Å². The first-order valence-electron chi connectivity index (χ1n) is 4.97. The molecule has 1 N–H and O–H groups in total. The van der Waals surface area contributed by atoms with Crippen molar-refractivity contribution >= 4 is 17.3 Å². The van der Waals surface area contributed by atoms with Crippen LogP contribution < -0.4 is 10.2 Å². The van der Waals surface area contributed by atoms with Gasteiger partial charge in [0.15, 0.2) is 0 Å². The molecule has 0 saturated carbocycles. The molecule has 1 aromatic carbocycles. The van der Waals surface area contributed by atoms with Crippen molar-refractivity contribution in [2.24, 2.45) is 0 Å². The number of halogens is 1. The maximum atomic E-state index is 9.05. The van der Waals surface area contributed by atoms with E-state index in [1.54, 1.807) is 6.07 Å². The van der Waals surface area contributed by atoms with Crippen molar-refractivity contribution in [3.05, 3.63) is 28.8 Å². The lowest BCUT2D eigenvalue weighted by atomic mass is 10.1. The molecule has 1 aromatic rings. The van der Waals surface area contributed by atoms with Gasteiger partial charge < -0.3 is 10.2 Å². The minimum Gasteiger partial charge on any atom is -0.368 e. The van der Waals surface area contributed by atoms with Gasteiger partial charge in [-0.15, -0.1) is 0 Å². The van der Waals surface area contributed by atoms with E-state index in [0.29, 0.717) is 10.6 Å². The molecule has 3 nitrogen and oxygen atoms in total. The van der Waals surface area contributed by atoms with E-state index in [9.17, 15) is 0 Å². The van der Waals surface area contributed by atoms with E-state index in [1.165, 1.54) is 0 Å². The van der Waals surface area contributed by atoms with Crippen LogP contribution in [-0.4, -0.2) is 26.2 Å². The van der Waals surface area contributed by atoms with Crippen LogP contribution in [0.3, 0.4) is 0 Å². The fourth-order valence-electron chi connectivity index (χ4n) is 1.79. The molecule has 1 saturated heterocycles. The molecular formula is C11H12ClN3. The van der Waals surface area contributed by atoms with Crippen LogP contribution in [0, 0.1) is 11.3 Å². The molecule has 4 heteroatoms. The van der Waals surface area contributed by atoms with E-state index in [-0.39, 0.29) is 0 Å². The van der Waals surface area contributed by atoms with Crippen molar-refractivity contribution < 1.29 is 0 Å². The molecule has 0 spiro atoms. The largest absolute Gasteiger partial charge is 0.368 e. The summed E-state index contributed by atoms with van der Waals surface area (Å²) in [6, 6.07) is 7.77. The maximum Gasteiger partial charge on any atom is 0.103 e. The van der Waals surface area contributed by atoms with Gasteiger partial charge in [-0.05, 0) is 12.1 Å². The number of hydrogen-bond donors (Lipinski definition) is 1. The molecule has 0 unspecified atom stereocenters. The minimum absolute atomic E-state index is 0.536. The lowest BCUT2D eigenvalue weighted by molar-refractivity contribution is 0.589. The summed E-state index contributed by atoms with van der Waals surface area (Å²) in [6.45, 7) is 3.76. The average molecular weight is 222 g/mol. The van der Waals surface area contributed by atoms with Crippen molar-refractivity contribution in [2.45, 2.75) is 0 Å². The van der Waals surface area contributed by atoms with Crippen LogP contribution in [0.15, 0.2) is 18.2 Å². The SMILES string of the molecule is N#Cc1c(Cl)cccc1N1CCNCC1. The number of nitriles is 1. The fourth-order valence-corrected chi connectivity index (χ4v) is 2.00. The third kappa shape index (κ3) is 2.06. The first-order valence-corrected chi connectivity index (χ1v) is 5.35. The Kier molecular flexibility index (Phi) is 3.10. The van der Waals surface area contributed by atoms with Gasteiger partial charge in [-0.2, -0.15) is 5.26 Å². The summed E-state index contributed by atoms with van der Waals surface area (Å²) in [7, 11) is 0. The van der Waals surface area contributed by atoms with Crippen molar-refractivity contribution in [1.82, 2.24) is 5.32 Å². The Bertz CT molecular complexity index is 391. The molecule has 0 amide bonds. The normalized spacial score (nSPS) is 16.1. The highest BCUT2D eigenvalue weighted by atomic mass is 35.5. The smallest absolute Gasteiger partial charge is 0.103 e. The molecule has 78 valence electrons. The fraction of sp³-hybridized carbons (Fsp3) is 0.364. The molecule has 0 aromatic heterocycles. The Hall–Kier alpha value is -1.24. The van der Waals surface area contributed by atoms with E-state index in [2.05, 4.69) is 16.3 Å². The van der Waals surface area contributed by atoms with Gasteiger partial charge in [0.25, 0.3) is 0 Å². The molecule has 0 atom stereocenters. The Balaban J connectivity index is 2.34. The first-order chi connectivity index (χ1) is 7.33. The molecule has 0 bridgehead atoms.